The van der Waals surface area contributed by atoms with Gasteiger partial charge in [0.1, 0.15) is 16.8 Å². The van der Waals surface area contributed by atoms with Crippen LogP contribution in [0.2, 0.25) is 0 Å². The average Bonchev–Trinajstić information content (AvgIpc) is 2.65. The normalized spacial score (nSPS) is 15.5. The number of halogens is 1. The van der Waals surface area contributed by atoms with E-state index in [4.69, 9.17) is 0 Å². The van der Waals surface area contributed by atoms with E-state index in [0.717, 1.165) is 18.1 Å². The molecule has 5 nitrogen and oxygen atoms in total. The summed E-state index contributed by atoms with van der Waals surface area (Å²) in [6.45, 7) is 4.51. The maximum atomic E-state index is 13.9. The maximum Gasteiger partial charge on any atom is 0.244 e. The summed E-state index contributed by atoms with van der Waals surface area (Å²) in [5.41, 5.74) is 2.27. The van der Waals surface area contributed by atoms with Crippen molar-refractivity contribution in [3.8, 4) is 0 Å². The highest BCUT2D eigenvalue weighted by atomic mass is 32.2. The molecule has 1 atom stereocenters. The zero-order valence-corrected chi connectivity index (χ0v) is 16.2. The molecule has 1 aliphatic rings. The SMILES string of the molecule is CC(C)C(NS(=O)(=O)c1ccccc1F)C(=O)N1CCc2ccccc2C1. The van der Waals surface area contributed by atoms with Gasteiger partial charge in [0.15, 0.2) is 0 Å². The number of hydrogen-bond donors (Lipinski definition) is 1. The highest BCUT2D eigenvalue weighted by Crippen LogP contribution is 2.21. The van der Waals surface area contributed by atoms with Gasteiger partial charge in [-0.05, 0) is 35.6 Å². The fourth-order valence-corrected chi connectivity index (χ4v) is 4.66. The molecule has 7 heteroatoms. The highest BCUT2D eigenvalue weighted by Gasteiger charge is 2.33. The minimum atomic E-state index is -4.15. The Kier molecular flexibility index (Phi) is 5.62. The largest absolute Gasteiger partial charge is 0.337 e. The lowest BCUT2D eigenvalue weighted by atomic mass is 9.97. The quantitative estimate of drug-likeness (QED) is 0.854. The third-order valence-corrected chi connectivity index (χ3v) is 6.26. The van der Waals surface area contributed by atoms with Gasteiger partial charge in [0.25, 0.3) is 0 Å². The Balaban J connectivity index is 1.82. The molecule has 0 saturated carbocycles. The predicted octanol–water partition coefficient (Wildman–Crippen LogP) is 2.71. The van der Waals surface area contributed by atoms with Gasteiger partial charge in [-0.15, -0.1) is 0 Å². The first-order valence-corrected chi connectivity index (χ1v) is 10.4. The molecule has 1 unspecified atom stereocenters. The van der Waals surface area contributed by atoms with Crippen LogP contribution in [0.25, 0.3) is 0 Å². The molecule has 0 aliphatic carbocycles. The Labute approximate surface area is 159 Å². The second-order valence-electron chi connectivity index (χ2n) is 7.05. The van der Waals surface area contributed by atoms with E-state index in [9.17, 15) is 17.6 Å². The van der Waals surface area contributed by atoms with Crippen molar-refractivity contribution in [3.05, 3.63) is 65.5 Å². The molecule has 0 aromatic heterocycles. The Morgan fingerprint density at radius 2 is 1.70 bits per heavy atom. The molecule has 3 rings (SSSR count). The van der Waals surface area contributed by atoms with Gasteiger partial charge in [-0.3, -0.25) is 4.79 Å². The van der Waals surface area contributed by atoms with E-state index in [0.29, 0.717) is 13.1 Å². The number of fused-ring (bicyclic) bond motifs is 1. The molecule has 144 valence electrons. The van der Waals surface area contributed by atoms with Crippen LogP contribution < -0.4 is 4.72 Å². The molecule has 27 heavy (non-hydrogen) atoms. The first-order chi connectivity index (χ1) is 12.8. The van der Waals surface area contributed by atoms with Crippen LogP contribution in [0.5, 0.6) is 0 Å². The minimum Gasteiger partial charge on any atom is -0.337 e. The Hall–Kier alpha value is -2.25. The van der Waals surface area contributed by atoms with Gasteiger partial charge in [0.05, 0.1) is 0 Å². The molecule has 0 fully saturated rings. The number of rotatable bonds is 5. The van der Waals surface area contributed by atoms with Gasteiger partial charge in [-0.2, -0.15) is 4.72 Å². The first kappa shape index (κ1) is 19.5. The lowest BCUT2D eigenvalue weighted by molar-refractivity contribution is -0.135. The number of carbonyl (C=O) groups is 1. The summed E-state index contributed by atoms with van der Waals surface area (Å²) in [5.74, 6) is -1.41. The van der Waals surface area contributed by atoms with Crippen LogP contribution in [0.4, 0.5) is 4.39 Å². The number of sulfonamides is 1. The number of hydrogen-bond acceptors (Lipinski definition) is 3. The fourth-order valence-electron chi connectivity index (χ4n) is 3.25. The molecule has 1 heterocycles. The molecule has 2 aromatic rings. The summed E-state index contributed by atoms with van der Waals surface area (Å²) in [6.07, 6.45) is 0.729. The summed E-state index contributed by atoms with van der Waals surface area (Å²) in [5, 5.41) is 0. The zero-order valence-electron chi connectivity index (χ0n) is 15.4. The van der Waals surface area contributed by atoms with E-state index in [1.165, 1.54) is 23.8 Å². The Morgan fingerprint density at radius 1 is 1.07 bits per heavy atom. The summed E-state index contributed by atoms with van der Waals surface area (Å²) in [7, 11) is -4.15. The van der Waals surface area contributed by atoms with Crippen LogP contribution in [0, 0.1) is 11.7 Å². The second kappa shape index (κ2) is 7.78. The Bertz CT molecular complexity index is 944. The topological polar surface area (TPSA) is 66.5 Å². The van der Waals surface area contributed by atoms with E-state index in [-0.39, 0.29) is 11.8 Å². The van der Waals surface area contributed by atoms with Gasteiger partial charge in [0.2, 0.25) is 15.9 Å². The number of amides is 1. The molecule has 0 saturated heterocycles. The first-order valence-electron chi connectivity index (χ1n) is 8.92. The van der Waals surface area contributed by atoms with E-state index in [1.807, 2.05) is 24.3 Å². The monoisotopic (exact) mass is 390 g/mol. The van der Waals surface area contributed by atoms with Crippen LogP contribution in [0.3, 0.4) is 0 Å². The van der Waals surface area contributed by atoms with Crippen molar-refractivity contribution in [1.29, 1.82) is 0 Å². The standard InChI is InChI=1S/C20H23FN2O3S/c1-14(2)19(22-27(25,26)18-10-6-5-9-17(18)21)20(24)23-12-11-15-7-3-4-8-16(15)13-23/h3-10,14,19,22H,11-13H2,1-2H3. The van der Waals surface area contributed by atoms with Crippen molar-refractivity contribution in [2.45, 2.75) is 37.8 Å². The van der Waals surface area contributed by atoms with Crippen LogP contribution in [0.15, 0.2) is 53.4 Å². The van der Waals surface area contributed by atoms with Gasteiger partial charge in [0, 0.05) is 13.1 Å². The smallest absolute Gasteiger partial charge is 0.244 e. The molecular weight excluding hydrogens is 367 g/mol. The van der Waals surface area contributed by atoms with Crippen molar-refractivity contribution in [2.75, 3.05) is 6.54 Å². The molecular formula is C20H23FN2O3S. The number of benzene rings is 2. The fraction of sp³-hybridized carbons (Fsp3) is 0.350. The molecule has 1 N–H and O–H groups in total. The van der Waals surface area contributed by atoms with E-state index in [1.54, 1.807) is 18.7 Å². The molecule has 0 bridgehead atoms. The number of nitrogens with one attached hydrogen (secondary N) is 1. The average molecular weight is 390 g/mol. The van der Waals surface area contributed by atoms with E-state index >= 15 is 0 Å². The van der Waals surface area contributed by atoms with Crippen LogP contribution in [-0.2, 0) is 27.8 Å². The summed E-state index contributed by atoms with van der Waals surface area (Å²) >= 11 is 0. The zero-order chi connectivity index (χ0) is 19.6. The lowest BCUT2D eigenvalue weighted by Crippen LogP contribution is -2.52. The third-order valence-electron chi connectivity index (χ3n) is 4.78. The lowest BCUT2D eigenvalue weighted by Gasteiger charge is -2.33. The molecule has 1 aliphatic heterocycles. The van der Waals surface area contributed by atoms with Gasteiger partial charge in [-0.25, -0.2) is 12.8 Å². The van der Waals surface area contributed by atoms with E-state index in [2.05, 4.69) is 4.72 Å². The summed E-state index contributed by atoms with van der Waals surface area (Å²) < 4.78 is 41.6. The maximum absolute atomic E-state index is 13.9. The molecule has 0 radical (unpaired) electrons. The number of carbonyl (C=O) groups excluding carboxylic acids is 1. The van der Waals surface area contributed by atoms with Crippen molar-refractivity contribution in [3.63, 3.8) is 0 Å². The van der Waals surface area contributed by atoms with Gasteiger partial charge < -0.3 is 4.90 Å². The van der Waals surface area contributed by atoms with Crippen LogP contribution >= 0.6 is 0 Å². The van der Waals surface area contributed by atoms with Crippen molar-refractivity contribution < 1.29 is 17.6 Å². The van der Waals surface area contributed by atoms with Crippen molar-refractivity contribution >= 4 is 15.9 Å². The predicted molar refractivity (Wildman–Crippen MR) is 101 cm³/mol. The van der Waals surface area contributed by atoms with Crippen molar-refractivity contribution in [2.24, 2.45) is 5.92 Å². The van der Waals surface area contributed by atoms with Crippen molar-refractivity contribution in [1.82, 2.24) is 9.62 Å². The molecule has 0 spiro atoms. The molecule has 1 amide bonds. The third kappa shape index (κ3) is 4.20. The minimum absolute atomic E-state index is 0.281. The van der Waals surface area contributed by atoms with Gasteiger partial charge in [-0.1, -0.05) is 50.2 Å². The van der Waals surface area contributed by atoms with Crippen LogP contribution in [0.1, 0.15) is 25.0 Å². The summed E-state index contributed by atoms with van der Waals surface area (Å²) in [6, 6.07) is 12.1. The Morgan fingerprint density at radius 3 is 2.37 bits per heavy atom. The molecule has 2 aromatic carbocycles. The van der Waals surface area contributed by atoms with Crippen LogP contribution in [-0.4, -0.2) is 31.8 Å². The summed E-state index contributed by atoms with van der Waals surface area (Å²) in [4.78, 5) is 14.3. The van der Waals surface area contributed by atoms with E-state index < -0.39 is 26.8 Å². The second-order valence-corrected chi connectivity index (χ2v) is 8.73. The highest BCUT2D eigenvalue weighted by molar-refractivity contribution is 7.89. The number of nitrogens with zero attached hydrogens (tertiary/aromatic N) is 1. The van der Waals surface area contributed by atoms with Gasteiger partial charge >= 0.3 is 0 Å².